The van der Waals surface area contributed by atoms with E-state index < -0.39 is 0 Å². The van der Waals surface area contributed by atoms with Gasteiger partial charge >= 0.3 is 0 Å². The van der Waals surface area contributed by atoms with Gasteiger partial charge in [0.05, 0.1) is 0 Å². The first-order chi connectivity index (χ1) is 1.73. The Labute approximate surface area is 63.3 Å². The van der Waals surface area contributed by atoms with E-state index in [0.717, 1.165) is 0 Å². The summed E-state index contributed by atoms with van der Waals surface area (Å²) in [5.74, 6) is 0. The van der Waals surface area contributed by atoms with E-state index in [4.69, 9.17) is 0 Å². The average molecular weight is 96.2 g/mol. The van der Waals surface area contributed by atoms with Crippen molar-refractivity contribution >= 4 is 37.7 Å². The maximum absolute atomic E-state index is 3.56. The Balaban J connectivity index is 0. The minimum atomic E-state index is 0. The van der Waals surface area contributed by atoms with Gasteiger partial charge in [0.15, 0.2) is 0 Å². The largest absolute Gasteiger partial charge is 0.100 e. The van der Waals surface area contributed by atoms with Crippen molar-refractivity contribution in [3.05, 3.63) is 12.2 Å². The molecule has 0 fully saturated rings. The number of allylic oxidation sites excluding steroid dienone is 1. The van der Waals surface area contributed by atoms with Crippen LogP contribution in [0.15, 0.2) is 12.2 Å². The Morgan fingerprint density at radius 3 is 1.40 bits per heavy atom. The van der Waals surface area contributed by atoms with Crippen molar-refractivity contribution in [1.82, 2.24) is 0 Å². The summed E-state index contributed by atoms with van der Waals surface area (Å²) in [5.41, 5.74) is 1.17. The standard InChI is InChI=1S/C4H8.Ca/c1-4(2)3;/h1H2,2-3H3;. The van der Waals surface area contributed by atoms with Crippen LogP contribution < -0.4 is 0 Å². The minimum absolute atomic E-state index is 0. The van der Waals surface area contributed by atoms with E-state index in [9.17, 15) is 0 Å². The number of hydrogen-bond acceptors (Lipinski definition) is 0. The molecule has 0 saturated carbocycles. The average Bonchev–Trinajstić information content (AvgIpc) is 0.811. The summed E-state index contributed by atoms with van der Waals surface area (Å²) in [4.78, 5) is 0. The number of rotatable bonds is 0. The molecule has 2 radical (unpaired) electrons. The first kappa shape index (κ1) is 9.37. The maximum atomic E-state index is 3.56. The molecule has 5 heavy (non-hydrogen) atoms. The molecule has 1 heteroatoms. The van der Waals surface area contributed by atoms with E-state index in [-0.39, 0.29) is 37.7 Å². The molecule has 0 aromatic carbocycles. The van der Waals surface area contributed by atoms with Crippen LogP contribution in [0.25, 0.3) is 0 Å². The predicted molar refractivity (Wildman–Crippen MR) is 26.2 cm³/mol. The van der Waals surface area contributed by atoms with Crippen LogP contribution in [0.1, 0.15) is 13.8 Å². The molecular formula is C4H8Ca. The molecule has 0 aliphatic rings. The van der Waals surface area contributed by atoms with Crippen molar-refractivity contribution in [1.29, 1.82) is 0 Å². The second kappa shape index (κ2) is 5.00. The van der Waals surface area contributed by atoms with Crippen LogP contribution in [-0.2, 0) is 0 Å². The molecule has 0 aromatic heterocycles. The summed E-state index contributed by atoms with van der Waals surface area (Å²) < 4.78 is 0. The van der Waals surface area contributed by atoms with Crippen LogP contribution in [0.4, 0.5) is 0 Å². The molecule has 0 bridgehead atoms. The molecule has 0 aliphatic heterocycles. The molecule has 0 nitrogen and oxygen atoms in total. The third kappa shape index (κ3) is 45.0. The zero-order chi connectivity index (χ0) is 3.58. The van der Waals surface area contributed by atoms with Crippen molar-refractivity contribution in [3.63, 3.8) is 0 Å². The van der Waals surface area contributed by atoms with Crippen LogP contribution in [0.5, 0.6) is 0 Å². The fourth-order valence-electron chi connectivity index (χ4n) is 0. The third-order valence-electron chi connectivity index (χ3n) is 0. The zero-order valence-electron chi connectivity index (χ0n) is 3.91. The first-order valence-corrected chi connectivity index (χ1v) is 1.35. The van der Waals surface area contributed by atoms with E-state index in [1.165, 1.54) is 5.57 Å². The van der Waals surface area contributed by atoms with Crippen LogP contribution >= 0.6 is 0 Å². The third-order valence-corrected chi connectivity index (χ3v) is 0. The Morgan fingerprint density at radius 1 is 1.40 bits per heavy atom. The van der Waals surface area contributed by atoms with Crippen molar-refractivity contribution in [2.75, 3.05) is 0 Å². The summed E-state index contributed by atoms with van der Waals surface area (Å²) >= 11 is 0. The van der Waals surface area contributed by atoms with E-state index in [1.807, 2.05) is 13.8 Å². The van der Waals surface area contributed by atoms with Crippen LogP contribution in [0, 0.1) is 0 Å². The van der Waals surface area contributed by atoms with E-state index in [1.54, 1.807) is 0 Å². The van der Waals surface area contributed by atoms with Crippen molar-refractivity contribution in [2.24, 2.45) is 0 Å². The van der Waals surface area contributed by atoms with Gasteiger partial charge in [0.1, 0.15) is 0 Å². The summed E-state index contributed by atoms with van der Waals surface area (Å²) in [6.45, 7) is 7.50. The van der Waals surface area contributed by atoms with E-state index >= 15 is 0 Å². The minimum Gasteiger partial charge on any atom is -0.100 e. The normalized spacial score (nSPS) is 5.20. The zero-order valence-corrected chi connectivity index (χ0v) is 6.12. The van der Waals surface area contributed by atoms with Crippen molar-refractivity contribution < 1.29 is 0 Å². The second-order valence-electron chi connectivity index (χ2n) is 1.21. The van der Waals surface area contributed by atoms with Crippen LogP contribution in [0.3, 0.4) is 0 Å². The fourth-order valence-corrected chi connectivity index (χ4v) is 0. The molecule has 0 unspecified atom stereocenters. The van der Waals surface area contributed by atoms with Gasteiger partial charge in [0.25, 0.3) is 0 Å². The van der Waals surface area contributed by atoms with Crippen molar-refractivity contribution in [2.45, 2.75) is 13.8 Å². The SMILES string of the molecule is C=C(C)C.[Ca]. The van der Waals surface area contributed by atoms with Gasteiger partial charge in [0, 0.05) is 37.7 Å². The van der Waals surface area contributed by atoms with Gasteiger partial charge in [-0.25, -0.2) is 0 Å². The van der Waals surface area contributed by atoms with Gasteiger partial charge < -0.3 is 0 Å². The summed E-state index contributed by atoms with van der Waals surface area (Å²) in [7, 11) is 0. The van der Waals surface area contributed by atoms with E-state index in [2.05, 4.69) is 6.58 Å². The molecule has 0 saturated heterocycles. The van der Waals surface area contributed by atoms with Crippen LogP contribution in [-0.4, -0.2) is 37.7 Å². The molecule has 0 N–H and O–H groups in total. The quantitative estimate of drug-likeness (QED) is 0.314. The second-order valence-corrected chi connectivity index (χ2v) is 1.21. The van der Waals surface area contributed by atoms with Gasteiger partial charge in [-0.15, -0.1) is 6.58 Å². The summed E-state index contributed by atoms with van der Waals surface area (Å²) in [6, 6.07) is 0. The molecule has 0 spiro atoms. The smallest absolute Gasteiger partial charge is 0 e. The van der Waals surface area contributed by atoms with Gasteiger partial charge in [0.2, 0.25) is 0 Å². The molecule has 0 rings (SSSR count). The topological polar surface area (TPSA) is 0 Å². The van der Waals surface area contributed by atoms with Gasteiger partial charge in [-0.2, -0.15) is 0 Å². The van der Waals surface area contributed by atoms with Crippen molar-refractivity contribution in [3.8, 4) is 0 Å². The fraction of sp³-hybridized carbons (Fsp3) is 0.500. The Bertz CT molecular complexity index is 26.6. The van der Waals surface area contributed by atoms with E-state index in [0.29, 0.717) is 0 Å². The predicted octanol–water partition coefficient (Wildman–Crippen LogP) is 1.20. The van der Waals surface area contributed by atoms with Gasteiger partial charge in [-0.05, 0) is 13.8 Å². The van der Waals surface area contributed by atoms with Crippen LogP contribution in [0.2, 0.25) is 0 Å². The molecule has 0 amide bonds. The molecular weight excluding hydrogens is 88.1 g/mol. The summed E-state index contributed by atoms with van der Waals surface area (Å²) in [5, 5.41) is 0. The Morgan fingerprint density at radius 2 is 1.40 bits per heavy atom. The number of hydrogen-bond donors (Lipinski definition) is 0. The molecule has 0 aliphatic carbocycles. The van der Waals surface area contributed by atoms with Gasteiger partial charge in [-0.1, -0.05) is 5.57 Å². The monoisotopic (exact) mass is 96.0 g/mol. The first-order valence-electron chi connectivity index (χ1n) is 1.35. The molecule has 26 valence electrons. The Kier molecular flexibility index (Phi) is 9.37. The van der Waals surface area contributed by atoms with Gasteiger partial charge in [-0.3, -0.25) is 0 Å². The molecule has 0 heterocycles. The molecule has 0 aromatic rings. The summed E-state index contributed by atoms with van der Waals surface area (Å²) in [6.07, 6.45) is 0. The molecule has 0 atom stereocenters. The maximum Gasteiger partial charge on any atom is 0 e. The Hall–Kier alpha value is 1.000.